The molecule has 0 aromatic carbocycles. The molecule has 2 fully saturated rings. The van der Waals surface area contributed by atoms with Gasteiger partial charge in [0.05, 0.1) is 12.7 Å². The van der Waals surface area contributed by atoms with Crippen molar-refractivity contribution in [1.29, 1.82) is 0 Å². The molecule has 0 aromatic heterocycles. The highest BCUT2D eigenvalue weighted by atomic mass is 16.7. The highest BCUT2D eigenvalue weighted by Crippen LogP contribution is 2.28. The van der Waals surface area contributed by atoms with Gasteiger partial charge in [0.25, 0.3) is 0 Å². The van der Waals surface area contributed by atoms with E-state index < -0.39 is 68.0 Å². The van der Waals surface area contributed by atoms with E-state index in [9.17, 15) is 35.7 Å². The van der Waals surface area contributed by atoms with Crippen LogP contribution >= 0.6 is 0 Å². The molecule has 0 unspecified atom stereocenters. The number of rotatable bonds is 3. The van der Waals surface area contributed by atoms with Crippen LogP contribution in [0.4, 0.5) is 0 Å². The van der Waals surface area contributed by atoms with Crippen LogP contribution < -0.4 is 0 Å². The molecule has 130 valence electrons. The molecule has 0 bridgehead atoms. The van der Waals surface area contributed by atoms with Crippen LogP contribution in [0.5, 0.6) is 0 Å². The second kappa shape index (κ2) is 7.01. The number of hydrogen-bond donors (Lipinski definition) is 7. The highest BCUT2D eigenvalue weighted by molar-refractivity contribution is 4.93. The maximum absolute atomic E-state index is 9.93. The molecule has 0 amide bonds. The van der Waals surface area contributed by atoms with E-state index in [0.29, 0.717) is 0 Å². The van der Waals surface area contributed by atoms with E-state index in [0.717, 1.165) is 0 Å². The Morgan fingerprint density at radius 1 is 0.818 bits per heavy atom. The minimum Gasteiger partial charge on any atom is -0.394 e. The monoisotopic (exact) mass is 326 g/mol. The fourth-order valence-electron chi connectivity index (χ4n) is 2.52. The third kappa shape index (κ3) is 3.26. The molecule has 2 rings (SSSR count). The molecular formula is C12H22O10. The Labute approximate surface area is 126 Å². The van der Waals surface area contributed by atoms with E-state index in [4.69, 9.17) is 14.2 Å². The van der Waals surface area contributed by atoms with Crippen molar-refractivity contribution < 1.29 is 50.0 Å². The molecule has 10 atom stereocenters. The molecule has 2 aliphatic rings. The van der Waals surface area contributed by atoms with E-state index in [2.05, 4.69) is 0 Å². The predicted molar refractivity (Wildman–Crippen MR) is 67.2 cm³/mol. The topological polar surface area (TPSA) is 169 Å². The first-order valence-electron chi connectivity index (χ1n) is 6.93. The van der Waals surface area contributed by atoms with Gasteiger partial charge in [-0.1, -0.05) is 0 Å². The van der Waals surface area contributed by atoms with Gasteiger partial charge in [0.1, 0.15) is 42.7 Å². The molecule has 0 aromatic rings. The zero-order valence-electron chi connectivity index (χ0n) is 11.8. The van der Waals surface area contributed by atoms with Crippen molar-refractivity contribution >= 4 is 0 Å². The zero-order chi connectivity index (χ0) is 16.6. The molecule has 10 heteroatoms. The van der Waals surface area contributed by atoms with Gasteiger partial charge in [-0.2, -0.15) is 0 Å². The number of aliphatic hydroxyl groups excluding tert-OH is 7. The fourth-order valence-corrected chi connectivity index (χ4v) is 2.52. The summed E-state index contributed by atoms with van der Waals surface area (Å²) in [6.45, 7) is 0.821. The van der Waals surface area contributed by atoms with Gasteiger partial charge in [-0.05, 0) is 6.92 Å². The van der Waals surface area contributed by atoms with Gasteiger partial charge in [0, 0.05) is 0 Å². The van der Waals surface area contributed by atoms with Crippen molar-refractivity contribution in [2.45, 2.75) is 68.3 Å². The molecular weight excluding hydrogens is 304 g/mol. The van der Waals surface area contributed by atoms with Crippen molar-refractivity contribution in [2.75, 3.05) is 6.61 Å². The van der Waals surface area contributed by atoms with Crippen molar-refractivity contribution in [2.24, 2.45) is 0 Å². The van der Waals surface area contributed by atoms with Gasteiger partial charge in [-0.3, -0.25) is 0 Å². The van der Waals surface area contributed by atoms with Crippen LogP contribution in [0, 0.1) is 0 Å². The van der Waals surface area contributed by atoms with E-state index in [1.54, 1.807) is 0 Å². The van der Waals surface area contributed by atoms with Gasteiger partial charge < -0.3 is 50.0 Å². The van der Waals surface area contributed by atoms with Crippen molar-refractivity contribution in [1.82, 2.24) is 0 Å². The zero-order valence-corrected chi connectivity index (χ0v) is 11.8. The summed E-state index contributed by atoms with van der Waals surface area (Å²) in [6.07, 6.45) is -14.2. The average molecular weight is 326 g/mol. The van der Waals surface area contributed by atoms with E-state index in [-0.39, 0.29) is 0 Å². The predicted octanol–water partition coefficient (Wildman–Crippen LogP) is -4.37. The van der Waals surface area contributed by atoms with Crippen molar-refractivity contribution in [3.63, 3.8) is 0 Å². The molecule has 2 heterocycles. The van der Waals surface area contributed by atoms with Crippen LogP contribution in [-0.2, 0) is 14.2 Å². The van der Waals surface area contributed by atoms with Crippen LogP contribution in [0.15, 0.2) is 0 Å². The number of aliphatic hydroxyl groups is 7. The SMILES string of the molecule is C[C@@H]1O[C@@H](O[C@H]2[C@H](O)[C@@H](O)[C@H](O)O[C@@H]2CO)[C@H](O)[C@H](O)[C@H]1O. The Morgan fingerprint density at radius 2 is 1.45 bits per heavy atom. The lowest BCUT2D eigenvalue weighted by atomic mass is 9.97. The Bertz CT molecular complexity index is 366. The summed E-state index contributed by atoms with van der Waals surface area (Å²) in [4.78, 5) is 0. The van der Waals surface area contributed by atoms with E-state index in [1.165, 1.54) is 6.92 Å². The van der Waals surface area contributed by atoms with Crippen LogP contribution in [0.3, 0.4) is 0 Å². The lowest BCUT2D eigenvalue weighted by Gasteiger charge is -2.44. The van der Waals surface area contributed by atoms with Crippen LogP contribution in [0.2, 0.25) is 0 Å². The molecule has 0 aliphatic carbocycles. The Morgan fingerprint density at radius 3 is 2.05 bits per heavy atom. The summed E-state index contributed by atoms with van der Waals surface area (Å²) in [5.74, 6) is 0. The van der Waals surface area contributed by atoms with Gasteiger partial charge in [0.2, 0.25) is 0 Å². The lowest BCUT2D eigenvalue weighted by Crippen LogP contribution is -2.63. The van der Waals surface area contributed by atoms with Crippen LogP contribution in [0.1, 0.15) is 6.92 Å². The third-order valence-electron chi connectivity index (χ3n) is 3.94. The first-order valence-corrected chi connectivity index (χ1v) is 6.93. The summed E-state index contributed by atoms with van der Waals surface area (Å²) in [7, 11) is 0. The second-order valence-corrected chi connectivity index (χ2v) is 5.51. The number of ether oxygens (including phenoxy) is 3. The standard InChI is InChI=1S/C12H22O10/c1-3-5(14)6(15)9(18)12(20-3)22-10-4(2-13)21-11(19)8(17)7(10)16/h3-19H,2H2,1H3/t3-,4+,5-,6+,7+,8+,9+,10+,11+,12-/m0/s1. The molecule has 22 heavy (non-hydrogen) atoms. The minimum absolute atomic E-state index is 0.630. The quantitative estimate of drug-likeness (QED) is 0.269. The van der Waals surface area contributed by atoms with Crippen LogP contribution in [-0.4, -0.2) is 104 Å². The van der Waals surface area contributed by atoms with E-state index >= 15 is 0 Å². The molecule has 7 N–H and O–H groups in total. The van der Waals surface area contributed by atoms with Gasteiger partial charge in [-0.15, -0.1) is 0 Å². The van der Waals surface area contributed by atoms with Crippen LogP contribution in [0.25, 0.3) is 0 Å². The summed E-state index contributed by atoms with van der Waals surface area (Å²) < 4.78 is 15.4. The summed E-state index contributed by atoms with van der Waals surface area (Å²) in [5.41, 5.74) is 0. The van der Waals surface area contributed by atoms with Gasteiger partial charge in [0.15, 0.2) is 12.6 Å². The molecule has 0 saturated carbocycles. The highest BCUT2D eigenvalue weighted by Gasteiger charge is 2.49. The lowest BCUT2D eigenvalue weighted by molar-refractivity contribution is -0.352. The fraction of sp³-hybridized carbons (Fsp3) is 1.00. The first kappa shape index (κ1) is 17.9. The van der Waals surface area contributed by atoms with Crippen molar-refractivity contribution in [3.8, 4) is 0 Å². The third-order valence-corrected chi connectivity index (χ3v) is 3.94. The summed E-state index contributed by atoms with van der Waals surface area (Å²) in [6, 6.07) is 0. The Balaban J connectivity index is 2.10. The normalized spacial score (nSPS) is 53.5. The largest absolute Gasteiger partial charge is 0.394 e. The summed E-state index contributed by atoms with van der Waals surface area (Å²) in [5, 5.41) is 67.3. The van der Waals surface area contributed by atoms with E-state index in [1.807, 2.05) is 0 Å². The van der Waals surface area contributed by atoms with Gasteiger partial charge >= 0.3 is 0 Å². The molecule has 0 spiro atoms. The summed E-state index contributed by atoms with van der Waals surface area (Å²) >= 11 is 0. The minimum atomic E-state index is -1.70. The molecule has 0 radical (unpaired) electrons. The Hall–Kier alpha value is -0.400. The molecule has 2 aliphatic heterocycles. The maximum Gasteiger partial charge on any atom is 0.187 e. The second-order valence-electron chi connectivity index (χ2n) is 5.51. The number of hydrogen-bond acceptors (Lipinski definition) is 10. The smallest absolute Gasteiger partial charge is 0.187 e. The molecule has 10 nitrogen and oxygen atoms in total. The Kier molecular flexibility index (Phi) is 5.72. The van der Waals surface area contributed by atoms with Gasteiger partial charge in [-0.25, -0.2) is 0 Å². The van der Waals surface area contributed by atoms with Crippen molar-refractivity contribution in [3.05, 3.63) is 0 Å². The molecule has 2 saturated heterocycles. The first-order chi connectivity index (χ1) is 10.3. The average Bonchev–Trinajstić information content (AvgIpc) is 2.50. The maximum atomic E-state index is 9.93.